The first-order chi connectivity index (χ1) is 10.3. The van der Waals surface area contributed by atoms with E-state index in [9.17, 15) is 24.2 Å². The molecule has 11 heteroatoms. The van der Waals surface area contributed by atoms with E-state index in [0.717, 1.165) is 11.7 Å². The van der Waals surface area contributed by atoms with Crippen LogP contribution in [0.2, 0.25) is 0 Å². The first kappa shape index (κ1) is 17.1. The average Bonchev–Trinajstić information content (AvgIpc) is 2.84. The highest BCUT2D eigenvalue weighted by atomic mass is 31.2. The molecule has 0 aromatic carbocycles. The minimum atomic E-state index is -4.26. The van der Waals surface area contributed by atoms with E-state index in [2.05, 4.69) is 9.51 Å². The predicted octanol–water partition coefficient (Wildman–Crippen LogP) is -0.743. The first-order valence-corrected chi connectivity index (χ1v) is 7.92. The van der Waals surface area contributed by atoms with E-state index in [1.54, 1.807) is 0 Å². The van der Waals surface area contributed by atoms with Gasteiger partial charge in [0.15, 0.2) is 0 Å². The van der Waals surface area contributed by atoms with Gasteiger partial charge < -0.3 is 14.7 Å². The van der Waals surface area contributed by atoms with E-state index in [1.165, 1.54) is 13.1 Å². The van der Waals surface area contributed by atoms with E-state index < -0.39 is 44.1 Å². The summed E-state index contributed by atoms with van der Waals surface area (Å²) in [5.41, 5.74) is -0.889. The molecule has 22 heavy (non-hydrogen) atoms. The number of H-pyrrole nitrogens is 1. The summed E-state index contributed by atoms with van der Waals surface area (Å²) in [5.74, 6) is 0. The molecule has 4 unspecified atom stereocenters. The second kappa shape index (κ2) is 6.45. The number of rotatable bonds is 5. The van der Waals surface area contributed by atoms with Crippen molar-refractivity contribution in [1.29, 1.82) is 0 Å². The van der Waals surface area contributed by atoms with Crippen LogP contribution in [0.15, 0.2) is 15.8 Å². The van der Waals surface area contributed by atoms with Gasteiger partial charge in [-0.15, -0.1) is 0 Å². The number of hydrogen-bond donors (Lipinski definition) is 3. The van der Waals surface area contributed by atoms with Crippen LogP contribution in [0.25, 0.3) is 0 Å². The quantitative estimate of drug-likeness (QED) is 0.597. The van der Waals surface area contributed by atoms with Gasteiger partial charge in [-0.1, -0.05) is 0 Å². The molecule has 2 rings (SSSR count). The Hall–Kier alpha value is -1.29. The molecule has 0 saturated carbocycles. The SMILES string of the molecule is COP(=O)(O)OC1CC(n2cc(C)c(=O)[nH]c2=O)OC1CO. The fraction of sp³-hybridized carbons (Fsp3) is 0.636. The van der Waals surface area contributed by atoms with Gasteiger partial charge in [0, 0.05) is 25.3 Å². The summed E-state index contributed by atoms with van der Waals surface area (Å²) < 4.78 is 27.3. The second-order valence-electron chi connectivity index (χ2n) is 4.82. The normalized spacial score (nSPS) is 27.7. The molecule has 4 atom stereocenters. The Kier molecular flexibility index (Phi) is 5.00. The van der Waals surface area contributed by atoms with Gasteiger partial charge in [-0.2, -0.15) is 0 Å². The largest absolute Gasteiger partial charge is 0.472 e. The highest BCUT2D eigenvalue weighted by Gasteiger charge is 2.41. The van der Waals surface area contributed by atoms with Crippen molar-refractivity contribution < 1.29 is 28.3 Å². The zero-order chi connectivity index (χ0) is 16.5. The molecule has 3 N–H and O–H groups in total. The topological polar surface area (TPSA) is 140 Å². The summed E-state index contributed by atoms with van der Waals surface area (Å²) in [6, 6.07) is 0. The lowest BCUT2D eigenvalue weighted by molar-refractivity contribution is -0.0458. The molecule has 0 aliphatic carbocycles. The van der Waals surface area contributed by atoms with Gasteiger partial charge in [0.25, 0.3) is 5.56 Å². The number of nitrogens with zero attached hydrogens (tertiary/aromatic N) is 1. The number of aliphatic hydroxyl groups excluding tert-OH is 1. The lowest BCUT2D eigenvalue weighted by Gasteiger charge is -2.18. The molecule has 0 bridgehead atoms. The number of nitrogens with one attached hydrogen (secondary N) is 1. The van der Waals surface area contributed by atoms with Gasteiger partial charge in [0.2, 0.25) is 0 Å². The average molecular weight is 336 g/mol. The van der Waals surface area contributed by atoms with Crippen molar-refractivity contribution in [1.82, 2.24) is 9.55 Å². The summed E-state index contributed by atoms with van der Waals surface area (Å²) in [7, 11) is -3.25. The molecule has 1 aliphatic heterocycles. The number of ether oxygens (including phenoxy) is 1. The molecule has 1 aromatic heterocycles. The molecule has 0 spiro atoms. The number of aromatic amines is 1. The highest BCUT2D eigenvalue weighted by molar-refractivity contribution is 7.47. The number of phosphoric acid groups is 1. The third-order valence-corrected chi connectivity index (χ3v) is 4.31. The zero-order valence-electron chi connectivity index (χ0n) is 12.0. The smallest absolute Gasteiger partial charge is 0.394 e. The van der Waals surface area contributed by atoms with Gasteiger partial charge in [-0.3, -0.25) is 23.4 Å². The Labute approximate surface area is 124 Å². The van der Waals surface area contributed by atoms with E-state index in [1.807, 2.05) is 0 Å². The van der Waals surface area contributed by atoms with Crippen molar-refractivity contribution in [3.05, 3.63) is 32.6 Å². The number of hydrogen-bond acceptors (Lipinski definition) is 7. The van der Waals surface area contributed by atoms with Crippen LogP contribution in [-0.4, -0.2) is 45.5 Å². The summed E-state index contributed by atoms with van der Waals surface area (Å²) >= 11 is 0. The van der Waals surface area contributed by atoms with Gasteiger partial charge >= 0.3 is 13.5 Å². The van der Waals surface area contributed by atoms with Crippen molar-refractivity contribution in [2.24, 2.45) is 0 Å². The molecule has 0 amide bonds. The van der Waals surface area contributed by atoms with Crippen molar-refractivity contribution in [2.75, 3.05) is 13.7 Å². The first-order valence-electron chi connectivity index (χ1n) is 6.42. The van der Waals surface area contributed by atoms with Crippen molar-refractivity contribution in [3.8, 4) is 0 Å². The van der Waals surface area contributed by atoms with Gasteiger partial charge in [0.1, 0.15) is 18.4 Å². The highest BCUT2D eigenvalue weighted by Crippen LogP contribution is 2.47. The Morgan fingerprint density at radius 2 is 2.23 bits per heavy atom. The van der Waals surface area contributed by atoms with Crippen LogP contribution in [-0.2, 0) is 18.3 Å². The van der Waals surface area contributed by atoms with Crippen LogP contribution in [0.3, 0.4) is 0 Å². The Bertz CT molecular complexity index is 698. The van der Waals surface area contributed by atoms with E-state index in [0.29, 0.717) is 5.56 Å². The summed E-state index contributed by atoms with van der Waals surface area (Å²) in [6.45, 7) is 1.05. The molecule has 0 radical (unpaired) electrons. The number of phosphoric ester groups is 1. The maximum Gasteiger partial charge on any atom is 0.472 e. The van der Waals surface area contributed by atoms with Crippen LogP contribution in [0, 0.1) is 6.92 Å². The van der Waals surface area contributed by atoms with Crippen LogP contribution >= 0.6 is 7.82 Å². The standard InChI is InChI=1S/C11H17N2O8P/c1-6-4-13(11(16)12-10(6)15)9-3-7(8(5-14)20-9)21-22(17,18)19-2/h4,7-9,14H,3,5H2,1-2H3,(H,17,18)(H,12,15,16). The Morgan fingerprint density at radius 1 is 1.55 bits per heavy atom. The third kappa shape index (κ3) is 3.54. The molecule has 1 aliphatic rings. The fourth-order valence-electron chi connectivity index (χ4n) is 2.16. The van der Waals surface area contributed by atoms with E-state index in [-0.39, 0.29) is 6.42 Å². The molecule has 2 heterocycles. The van der Waals surface area contributed by atoms with Crippen LogP contribution in [0.5, 0.6) is 0 Å². The lowest BCUT2D eigenvalue weighted by atomic mass is 10.2. The van der Waals surface area contributed by atoms with Gasteiger partial charge in [0.05, 0.1) is 6.61 Å². The number of aromatic nitrogens is 2. The maximum absolute atomic E-state index is 11.8. The van der Waals surface area contributed by atoms with Gasteiger partial charge in [-0.25, -0.2) is 9.36 Å². The third-order valence-electron chi connectivity index (χ3n) is 3.32. The number of aryl methyl sites for hydroxylation is 1. The minimum Gasteiger partial charge on any atom is -0.394 e. The molecule has 1 fully saturated rings. The monoisotopic (exact) mass is 336 g/mol. The van der Waals surface area contributed by atoms with E-state index >= 15 is 0 Å². The van der Waals surface area contributed by atoms with Crippen molar-refractivity contribution >= 4 is 7.82 Å². The Morgan fingerprint density at radius 3 is 2.82 bits per heavy atom. The van der Waals surface area contributed by atoms with Gasteiger partial charge in [-0.05, 0) is 6.92 Å². The predicted molar refractivity (Wildman–Crippen MR) is 73.4 cm³/mol. The zero-order valence-corrected chi connectivity index (χ0v) is 12.9. The van der Waals surface area contributed by atoms with Crippen molar-refractivity contribution in [3.63, 3.8) is 0 Å². The van der Waals surface area contributed by atoms with E-state index in [4.69, 9.17) is 9.26 Å². The van der Waals surface area contributed by atoms with Crippen LogP contribution in [0.1, 0.15) is 18.2 Å². The number of aliphatic hydroxyl groups is 1. The molecule has 10 nitrogen and oxygen atoms in total. The molecular weight excluding hydrogens is 319 g/mol. The maximum atomic E-state index is 11.8. The molecule has 124 valence electrons. The molecule has 1 saturated heterocycles. The fourth-order valence-corrected chi connectivity index (χ4v) is 2.81. The second-order valence-corrected chi connectivity index (χ2v) is 6.33. The summed E-state index contributed by atoms with van der Waals surface area (Å²) in [5, 5.41) is 9.28. The summed E-state index contributed by atoms with van der Waals surface area (Å²) in [6.07, 6.45) is -1.34. The van der Waals surface area contributed by atoms with Crippen molar-refractivity contribution in [2.45, 2.75) is 31.8 Å². The Balaban J connectivity index is 2.25. The van der Waals surface area contributed by atoms with Crippen LogP contribution in [0.4, 0.5) is 0 Å². The summed E-state index contributed by atoms with van der Waals surface area (Å²) in [4.78, 5) is 34.7. The molecule has 1 aromatic rings. The molecular formula is C11H17N2O8P. The van der Waals surface area contributed by atoms with Crippen LogP contribution < -0.4 is 11.2 Å². The minimum absolute atomic E-state index is 0.0323. The lowest BCUT2D eigenvalue weighted by Crippen LogP contribution is -2.33.